The summed E-state index contributed by atoms with van der Waals surface area (Å²) in [5.74, 6) is -2.69. The van der Waals surface area contributed by atoms with Crippen molar-refractivity contribution in [3.05, 3.63) is 22.7 Å². The van der Waals surface area contributed by atoms with Crippen LogP contribution in [0.2, 0.25) is 0 Å². The number of halogens is 3. The zero-order valence-corrected chi connectivity index (χ0v) is 21.5. The van der Waals surface area contributed by atoms with Crippen molar-refractivity contribution in [2.75, 3.05) is 35.1 Å². The molecule has 3 rings (SSSR count). The van der Waals surface area contributed by atoms with Crippen molar-refractivity contribution < 1.29 is 31.1 Å². The minimum Gasteiger partial charge on any atom is -0.460 e. The van der Waals surface area contributed by atoms with Crippen LogP contribution in [0.1, 0.15) is 54.9 Å². The Kier molecular flexibility index (Phi) is 9.22. The summed E-state index contributed by atoms with van der Waals surface area (Å²) >= 11 is 0.823. The fourth-order valence-electron chi connectivity index (χ4n) is 3.55. The zero-order chi connectivity index (χ0) is 26.3. The van der Waals surface area contributed by atoms with E-state index in [2.05, 4.69) is 25.3 Å². The molecule has 0 bridgehead atoms. The summed E-state index contributed by atoms with van der Waals surface area (Å²) in [5, 5.41) is 15.4. The quantitative estimate of drug-likeness (QED) is 0.295. The molecule has 0 fully saturated rings. The van der Waals surface area contributed by atoms with Crippen LogP contribution in [-0.2, 0) is 21.2 Å². The highest BCUT2D eigenvalue weighted by atomic mass is 32.2. The fourth-order valence-corrected chi connectivity index (χ4v) is 5.11. The van der Waals surface area contributed by atoms with Gasteiger partial charge < -0.3 is 9.64 Å². The topological polar surface area (TPSA) is 126 Å². The van der Waals surface area contributed by atoms with Gasteiger partial charge in [0.1, 0.15) is 5.69 Å². The predicted molar refractivity (Wildman–Crippen MR) is 130 cm³/mol. The zero-order valence-electron chi connectivity index (χ0n) is 19.8. The molecule has 0 unspecified atom stereocenters. The number of sulfonamides is 1. The van der Waals surface area contributed by atoms with Crippen LogP contribution in [0.15, 0.2) is 22.4 Å². The number of rotatable bonds is 11. The third kappa shape index (κ3) is 7.85. The first-order valence-electron chi connectivity index (χ1n) is 11.4. The van der Waals surface area contributed by atoms with E-state index in [1.807, 2.05) is 18.6 Å². The number of hydrogen-bond acceptors (Lipinski definition) is 10. The van der Waals surface area contributed by atoms with Crippen LogP contribution >= 0.6 is 11.3 Å². The third-order valence-corrected chi connectivity index (χ3v) is 7.11. The summed E-state index contributed by atoms with van der Waals surface area (Å²) in [6.07, 6.45) is -0.841. The van der Waals surface area contributed by atoms with Gasteiger partial charge in [-0.2, -0.15) is 13.2 Å². The molecule has 1 aromatic carbocycles. The Morgan fingerprint density at radius 1 is 1.22 bits per heavy atom. The van der Waals surface area contributed by atoms with Crippen molar-refractivity contribution in [3.8, 4) is 0 Å². The molecule has 0 saturated carbocycles. The second-order valence-corrected chi connectivity index (χ2v) is 10.8. The molecular formula is C21H27F3N6O4S2. The highest BCUT2D eigenvalue weighted by Crippen LogP contribution is 2.39. The number of carbonyl (C=O) groups excluding carboxylic acids is 1. The molecular weight excluding hydrogens is 521 g/mol. The second kappa shape index (κ2) is 12.0. The lowest BCUT2D eigenvalue weighted by molar-refractivity contribution is -0.106. The van der Waals surface area contributed by atoms with E-state index in [0.717, 1.165) is 54.9 Å². The first-order chi connectivity index (χ1) is 17.0. The number of carbonyl (C=O) groups is 1. The molecule has 1 aromatic heterocycles. The van der Waals surface area contributed by atoms with Gasteiger partial charge in [-0.3, -0.25) is 4.72 Å². The number of benzene rings is 1. The normalized spacial score (nSPS) is 14.2. The average molecular weight is 549 g/mol. The standard InChI is InChI=1S/C21H27F3N6O4S2/c1-3-5-8-30-9-6-7-14-11-15(16(12-17(14)30)29-36(32,33)13-21(22,23)24)25-27-20-28-26-18(35-20)19(31)34-10-4-2/h11-12,29H,3-10,13H2,1-2H3. The van der Waals surface area contributed by atoms with Crippen LogP contribution in [0, 0.1) is 0 Å². The first-order valence-corrected chi connectivity index (χ1v) is 13.9. The van der Waals surface area contributed by atoms with Crippen LogP contribution in [0.5, 0.6) is 0 Å². The Hall–Kier alpha value is -2.81. The molecule has 2 aromatic rings. The molecule has 10 nitrogen and oxygen atoms in total. The summed E-state index contributed by atoms with van der Waals surface area (Å²) < 4.78 is 70.0. The number of unbranched alkanes of at least 4 members (excludes halogenated alkanes) is 1. The number of aryl methyl sites for hydroxylation is 1. The monoisotopic (exact) mass is 548 g/mol. The van der Waals surface area contributed by atoms with Crippen molar-refractivity contribution in [2.45, 2.75) is 52.1 Å². The fraction of sp³-hybridized carbons (Fsp3) is 0.571. The van der Waals surface area contributed by atoms with Crippen LogP contribution in [-0.4, -0.2) is 56.2 Å². The lowest BCUT2D eigenvalue weighted by Crippen LogP contribution is -2.31. The van der Waals surface area contributed by atoms with Crippen molar-refractivity contribution in [1.82, 2.24) is 10.2 Å². The van der Waals surface area contributed by atoms with Crippen molar-refractivity contribution in [1.29, 1.82) is 0 Å². The van der Waals surface area contributed by atoms with Crippen LogP contribution in [0.4, 0.5) is 35.4 Å². The van der Waals surface area contributed by atoms with Gasteiger partial charge in [-0.05, 0) is 43.4 Å². The molecule has 0 radical (unpaired) electrons. The maximum atomic E-state index is 12.8. The SMILES string of the molecule is CCCCN1CCCc2cc(N=Nc3nnc(C(=O)OCCC)s3)c(NS(=O)(=O)CC(F)(F)F)cc21. The van der Waals surface area contributed by atoms with Gasteiger partial charge >= 0.3 is 12.1 Å². The molecule has 0 saturated heterocycles. The Labute approximate surface area is 211 Å². The molecule has 0 amide bonds. The van der Waals surface area contributed by atoms with Crippen LogP contribution in [0.25, 0.3) is 0 Å². The van der Waals surface area contributed by atoms with Gasteiger partial charge in [0.05, 0.1) is 12.3 Å². The maximum Gasteiger partial charge on any atom is 0.404 e. The minimum atomic E-state index is -4.91. The van der Waals surface area contributed by atoms with E-state index in [1.54, 1.807) is 6.07 Å². The Balaban J connectivity index is 1.95. The number of alkyl halides is 3. The van der Waals surface area contributed by atoms with E-state index in [1.165, 1.54) is 6.07 Å². The van der Waals surface area contributed by atoms with Crippen molar-refractivity contribution in [2.24, 2.45) is 10.2 Å². The number of ether oxygens (including phenoxy) is 1. The molecule has 1 N–H and O–H groups in total. The Morgan fingerprint density at radius 2 is 2.00 bits per heavy atom. The summed E-state index contributed by atoms with van der Waals surface area (Å²) in [6, 6.07) is 3.11. The van der Waals surface area contributed by atoms with Crippen molar-refractivity contribution in [3.63, 3.8) is 0 Å². The first kappa shape index (κ1) is 27.8. The van der Waals surface area contributed by atoms with Gasteiger partial charge in [0.2, 0.25) is 15.0 Å². The van der Waals surface area contributed by atoms with Gasteiger partial charge in [-0.15, -0.1) is 20.4 Å². The maximum absolute atomic E-state index is 12.8. The lowest BCUT2D eigenvalue weighted by atomic mass is 10.00. The summed E-state index contributed by atoms with van der Waals surface area (Å²) in [5.41, 5.74) is 1.53. The van der Waals surface area contributed by atoms with E-state index >= 15 is 0 Å². The molecule has 0 spiro atoms. The van der Waals surface area contributed by atoms with Crippen molar-refractivity contribution >= 4 is 49.5 Å². The molecule has 0 atom stereocenters. The highest BCUT2D eigenvalue weighted by molar-refractivity contribution is 7.92. The molecule has 2 heterocycles. The smallest absolute Gasteiger partial charge is 0.404 e. The number of aromatic nitrogens is 2. The molecule has 1 aliphatic rings. The van der Waals surface area contributed by atoms with Crippen LogP contribution < -0.4 is 9.62 Å². The second-order valence-electron chi connectivity index (χ2n) is 8.14. The summed E-state index contributed by atoms with van der Waals surface area (Å²) in [4.78, 5) is 14.0. The van der Waals surface area contributed by atoms with Gasteiger partial charge in [0, 0.05) is 18.8 Å². The lowest BCUT2D eigenvalue weighted by Gasteiger charge is -2.32. The summed E-state index contributed by atoms with van der Waals surface area (Å²) in [7, 11) is -4.76. The number of esters is 1. The Morgan fingerprint density at radius 3 is 2.69 bits per heavy atom. The number of hydrogen-bond donors (Lipinski definition) is 1. The number of nitrogens with one attached hydrogen (secondary N) is 1. The van der Waals surface area contributed by atoms with E-state index in [0.29, 0.717) is 12.8 Å². The van der Waals surface area contributed by atoms with Gasteiger partial charge in [0.25, 0.3) is 5.13 Å². The largest absolute Gasteiger partial charge is 0.460 e. The number of nitrogens with zero attached hydrogens (tertiary/aromatic N) is 5. The van der Waals surface area contributed by atoms with E-state index in [-0.39, 0.29) is 28.1 Å². The van der Waals surface area contributed by atoms with Gasteiger partial charge in [-0.25, -0.2) is 13.2 Å². The van der Waals surface area contributed by atoms with Crippen LogP contribution in [0.3, 0.4) is 0 Å². The number of anilines is 2. The average Bonchev–Trinajstić information content (AvgIpc) is 3.27. The molecule has 15 heteroatoms. The predicted octanol–water partition coefficient (Wildman–Crippen LogP) is 5.38. The van der Waals surface area contributed by atoms with E-state index in [9.17, 15) is 26.4 Å². The molecule has 1 aliphatic heterocycles. The molecule has 198 valence electrons. The third-order valence-electron chi connectivity index (χ3n) is 5.08. The van der Waals surface area contributed by atoms with Gasteiger partial charge in [0.15, 0.2) is 5.75 Å². The van der Waals surface area contributed by atoms with Gasteiger partial charge in [-0.1, -0.05) is 31.6 Å². The molecule has 36 heavy (non-hydrogen) atoms. The van der Waals surface area contributed by atoms with E-state index < -0.39 is 27.9 Å². The number of fused-ring (bicyclic) bond motifs is 1. The highest BCUT2D eigenvalue weighted by Gasteiger charge is 2.35. The Bertz CT molecular complexity index is 1200. The number of azo groups is 1. The molecule has 0 aliphatic carbocycles. The minimum absolute atomic E-state index is 0.00448. The summed E-state index contributed by atoms with van der Waals surface area (Å²) in [6.45, 7) is 5.61. The van der Waals surface area contributed by atoms with E-state index in [4.69, 9.17) is 4.74 Å².